The largest absolute Gasteiger partial charge is 0.394 e. The summed E-state index contributed by atoms with van der Waals surface area (Å²) < 4.78 is 38.9. The van der Waals surface area contributed by atoms with Gasteiger partial charge in [0.25, 0.3) is 0 Å². The smallest absolute Gasteiger partial charge is 0.245 e. The average molecular weight is 394 g/mol. The molecule has 1 unspecified atom stereocenters. The highest BCUT2D eigenvalue weighted by Gasteiger charge is 2.43. The van der Waals surface area contributed by atoms with Crippen molar-refractivity contribution in [3.63, 3.8) is 0 Å². The first-order valence-electron chi connectivity index (χ1n) is 6.89. The highest BCUT2D eigenvalue weighted by atomic mass is 79.9. The summed E-state index contributed by atoms with van der Waals surface area (Å²) in [6, 6.07) is 6.45. The van der Waals surface area contributed by atoms with E-state index in [1.807, 2.05) is 0 Å². The van der Waals surface area contributed by atoms with Crippen molar-refractivity contribution in [3.8, 4) is 0 Å². The van der Waals surface area contributed by atoms with Crippen LogP contribution in [-0.2, 0) is 19.5 Å². The van der Waals surface area contributed by atoms with E-state index in [1.165, 1.54) is 16.4 Å². The van der Waals surface area contributed by atoms with E-state index in [0.29, 0.717) is 17.7 Å². The molecular weight excluding hydrogens is 374 g/mol. The molecule has 1 aromatic carbocycles. The lowest BCUT2D eigenvalue weighted by atomic mass is 10.1. The fourth-order valence-corrected chi connectivity index (χ4v) is 4.74. The van der Waals surface area contributed by atoms with E-state index in [1.54, 1.807) is 26.0 Å². The molecule has 22 heavy (non-hydrogen) atoms. The Morgan fingerprint density at radius 1 is 1.41 bits per heavy atom. The minimum absolute atomic E-state index is 0.136. The van der Waals surface area contributed by atoms with E-state index in [0.717, 1.165) is 0 Å². The Balaban J connectivity index is 2.47. The minimum atomic E-state index is -3.85. The van der Waals surface area contributed by atoms with Crippen molar-refractivity contribution in [1.29, 1.82) is 0 Å². The van der Waals surface area contributed by atoms with Crippen LogP contribution < -0.4 is 0 Å². The van der Waals surface area contributed by atoms with Gasteiger partial charge < -0.3 is 14.6 Å². The fraction of sp³-hybridized carbons (Fsp3) is 0.571. The van der Waals surface area contributed by atoms with Crippen molar-refractivity contribution in [2.45, 2.75) is 30.5 Å². The molecule has 1 atom stereocenters. The molecule has 1 fully saturated rings. The summed E-state index contributed by atoms with van der Waals surface area (Å²) in [5, 5.41) is 9.65. The van der Waals surface area contributed by atoms with Gasteiger partial charge in [-0.15, -0.1) is 0 Å². The molecule has 1 heterocycles. The molecule has 0 bridgehead atoms. The molecule has 0 radical (unpaired) electrons. The number of benzene rings is 1. The lowest BCUT2D eigenvalue weighted by molar-refractivity contribution is -0.151. The maximum Gasteiger partial charge on any atom is 0.245 e. The van der Waals surface area contributed by atoms with Gasteiger partial charge in [0, 0.05) is 4.47 Å². The molecule has 0 amide bonds. The lowest BCUT2D eigenvalue weighted by Gasteiger charge is -2.42. The standard InChI is InChI=1S/C14H20BrNO5S/c1-14(2,10-17)16(13-9-20-6-7-21-13)22(18,19)12-5-3-4-11(15)8-12/h3-5,8,13,17H,6-7,9-10H2,1-2H3. The van der Waals surface area contributed by atoms with Crippen molar-refractivity contribution in [2.24, 2.45) is 0 Å². The molecule has 1 aliphatic heterocycles. The molecule has 0 saturated carbocycles. The van der Waals surface area contributed by atoms with Gasteiger partial charge in [0.1, 0.15) is 6.23 Å². The van der Waals surface area contributed by atoms with Gasteiger partial charge in [-0.25, -0.2) is 8.42 Å². The second-order valence-electron chi connectivity index (χ2n) is 5.63. The molecule has 1 aliphatic rings. The monoisotopic (exact) mass is 393 g/mol. The molecule has 1 N–H and O–H groups in total. The number of hydrogen-bond donors (Lipinski definition) is 1. The number of halogens is 1. The van der Waals surface area contributed by atoms with Gasteiger partial charge in [0.15, 0.2) is 0 Å². The van der Waals surface area contributed by atoms with Gasteiger partial charge in [0.05, 0.1) is 36.9 Å². The highest BCUT2D eigenvalue weighted by Crippen LogP contribution is 2.30. The van der Waals surface area contributed by atoms with Crippen molar-refractivity contribution < 1.29 is 23.0 Å². The maximum atomic E-state index is 13.0. The summed E-state index contributed by atoms with van der Waals surface area (Å²) in [4.78, 5) is 0.137. The first kappa shape index (κ1) is 17.8. The number of aliphatic hydroxyl groups is 1. The number of aliphatic hydroxyl groups excluding tert-OH is 1. The molecule has 2 rings (SSSR count). The van der Waals surface area contributed by atoms with E-state index in [9.17, 15) is 13.5 Å². The summed E-state index contributed by atoms with van der Waals surface area (Å²) in [6.45, 7) is 3.86. The van der Waals surface area contributed by atoms with Crippen LogP contribution in [0.3, 0.4) is 0 Å². The average Bonchev–Trinajstić information content (AvgIpc) is 2.48. The predicted molar refractivity (Wildman–Crippen MR) is 84.9 cm³/mol. The summed E-state index contributed by atoms with van der Waals surface area (Å²) >= 11 is 3.28. The zero-order chi connectivity index (χ0) is 16.4. The predicted octanol–water partition coefficient (Wildman–Crippen LogP) is 1.58. The summed E-state index contributed by atoms with van der Waals surface area (Å²) in [5.41, 5.74) is -1.02. The number of rotatable bonds is 5. The van der Waals surface area contributed by atoms with Crippen molar-refractivity contribution >= 4 is 26.0 Å². The van der Waals surface area contributed by atoms with E-state index in [2.05, 4.69) is 15.9 Å². The Kier molecular flexibility index (Phi) is 5.63. The van der Waals surface area contributed by atoms with Crippen molar-refractivity contribution in [3.05, 3.63) is 28.7 Å². The quantitative estimate of drug-likeness (QED) is 0.821. The third-order valence-corrected chi connectivity index (χ3v) is 5.99. The molecule has 0 aliphatic carbocycles. The Morgan fingerprint density at radius 3 is 2.68 bits per heavy atom. The zero-order valence-corrected chi connectivity index (χ0v) is 14.9. The van der Waals surface area contributed by atoms with Gasteiger partial charge in [-0.2, -0.15) is 4.31 Å². The van der Waals surface area contributed by atoms with E-state index in [4.69, 9.17) is 9.47 Å². The summed E-state index contributed by atoms with van der Waals surface area (Å²) in [6.07, 6.45) is -0.764. The Morgan fingerprint density at radius 2 is 2.14 bits per heavy atom. The molecular formula is C14H20BrNO5S. The molecule has 0 aromatic heterocycles. The second kappa shape index (κ2) is 6.94. The lowest BCUT2D eigenvalue weighted by Crippen LogP contribution is -2.58. The van der Waals surface area contributed by atoms with Crippen LogP contribution in [-0.4, -0.2) is 56.0 Å². The first-order valence-corrected chi connectivity index (χ1v) is 9.13. The Hall–Kier alpha value is -0.510. The van der Waals surface area contributed by atoms with Gasteiger partial charge in [0.2, 0.25) is 10.0 Å². The van der Waals surface area contributed by atoms with Gasteiger partial charge in [-0.1, -0.05) is 22.0 Å². The highest BCUT2D eigenvalue weighted by molar-refractivity contribution is 9.10. The third kappa shape index (κ3) is 3.69. The second-order valence-corrected chi connectivity index (χ2v) is 8.36. The van der Waals surface area contributed by atoms with Gasteiger partial charge >= 0.3 is 0 Å². The van der Waals surface area contributed by atoms with Crippen molar-refractivity contribution in [1.82, 2.24) is 4.31 Å². The maximum absolute atomic E-state index is 13.0. The number of hydrogen-bond acceptors (Lipinski definition) is 5. The molecule has 0 spiro atoms. The molecule has 8 heteroatoms. The number of nitrogens with zero attached hydrogens (tertiary/aromatic N) is 1. The van der Waals surface area contributed by atoms with Crippen LogP contribution in [0.4, 0.5) is 0 Å². The molecule has 6 nitrogen and oxygen atoms in total. The van der Waals surface area contributed by atoms with Crippen LogP contribution in [0.25, 0.3) is 0 Å². The van der Waals surface area contributed by atoms with Crippen LogP contribution in [0.1, 0.15) is 13.8 Å². The van der Waals surface area contributed by atoms with Gasteiger partial charge in [-0.3, -0.25) is 0 Å². The number of ether oxygens (including phenoxy) is 2. The zero-order valence-electron chi connectivity index (χ0n) is 12.5. The first-order chi connectivity index (χ1) is 10.3. The fourth-order valence-electron chi connectivity index (χ4n) is 2.29. The molecule has 1 saturated heterocycles. The topological polar surface area (TPSA) is 76.1 Å². The van der Waals surface area contributed by atoms with E-state index >= 15 is 0 Å². The van der Waals surface area contributed by atoms with Crippen LogP contribution >= 0.6 is 15.9 Å². The normalized spacial score (nSPS) is 20.3. The SMILES string of the molecule is CC(C)(CO)N(C1COCCO1)S(=O)(=O)c1cccc(Br)c1. The van der Waals surface area contributed by atoms with E-state index < -0.39 is 21.8 Å². The minimum Gasteiger partial charge on any atom is -0.394 e. The van der Waals surface area contributed by atoms with Crippen molar-refractivity contribution in [2.75, 3.05) is 26.4 Å². The van der Waals surface area contributed by atoms with Crippen LogP contribution in [0.15, 0.2) is 33.6 Å². The summed E-state index contributed by atoms with van der Waals surface area (Å²) in [5.74, 6) is 0. The summed E-state index contributed by atoms with van der Waals surface area (Å²) in [7, 11) is -3.85. The Labute approximate surface area is 139 Å². The van der Waals surface area contributed by atoms with Gasteiger partial charge in [-0.05, 0) is 32.0 Å². The van der Waals surface area contributed by atoms with Crippen LogP contribution in [0, 0.1) is 0 Å². The molecule has 1 aromatic rings. The third-order valence-electron chi connectivity index (χ3n) is 3.40. The van der Waals surface area contributed by atoms with E-state index in [-0.39, 0.29) is 18.1 Å². The van der Waals surface area contributed by atoms with Crippen LogP contribution in [0.5, 0.6) is 0 Å². The number of sulfonamides is 1. The Bertz CT molecular complexity index is 613. The molecule has 124 valence electrons. The van der Waals surface area contributed by atoms with Crippen LogP contribution in [0.2, 0.25) is 0 Å².